The molecule has 1 amide bonds. The van der Waals surface area contributed by atoms with E-state index in [2.05, 4.69) is 38.0 Å². The first-order valence-electron chi connectivity index (χ1n) is 10.8. The van der Waals surface area contributed by atoms with Crippen LogP contribution < -0.4 is 16.0 Å². The Morgan fingerprint density at radius 2 is 1.87 bits per heavy atom. The van der Waals surface area contributed by atoms with Crippen LogP contribution in [0.4, 0.5) is 0 Å². The highest BCUT2D eigenvalue weighted by Gasteiger charge is 2.20. The molecule has 1 fully saturated rings. The summed E-state index contributed by atoms with van der Waals surface area (Å²) in [6.07, 6.45) is 3.00. The number of nitrogens with zero attached hydrogens (tertiary/aromatic N) is 2. The molecule has 1 heterocycles. The SMILES string of the molecule is CN=C(NCCc1cccc(C(=O)NC)c1)NC1CCN(Cc2ccc(Cl)cc2)CC1. The number of nitrogens with one attached hydrogen (secondary N) is 3. The summed E-state index contributed by atoms with van der Waals surface area (Å²) in [6, 6.07) is 16.3. The van der Waals surface area contributed by atoms with Gasteiger partial charge >= 0.3 is 0 Å². The van der Waals surface area contributed by atoms with Crippen LogP contribution in [-0.4, -0.2) is 56.5 Å². The molecule has 1 aliphatic rings. The molecule has 0 spiro atoms. The van der Waals surface area contributed by atoms with Crippen molar-refractivity contribution in [3.05, 3.63) is 70.2 Å². The molecule has 0 saturated carbocycles. The Morgan fingerprint density at radius 3 is 2.55 bits per heavy atom. The molecule has 0 radical (unpaired) electrons. The number of halogens is 1. The van der Waals surface area contributed by atoms with Crippen molar-refractivity contribution in [2.45, 2.75) is 31.8 Å². The zero-order chi connectivity index (χ0) is 22.1. The molecule has 1 saturated heterocycles. The number of aliphatic imine (C=N–C) groups is 1. The van der Waals surface area contributed by atoms with Crippen molar-refractivity contribution in [3.8, 4) is 0 Å². The molecular formula is C24H32ClN5O. The minimum absolute atomic E-state index is 0.0605. The fourth-order valence-electron chi connectivity index (χ4n) is 3.81. The molecule has 0 bridgehead atoms. The number of amides is 1. The molecule has 7 heteroatoms. The van der Waals surface area contributed by atoms with Gasteiger partial charge in [0, 0.05) is 56.9 Å². The Labute approximate surface area is 190 Å². The summed E-state index contributed by atoms with van der Waals surface area (Å²) in [4.78, 5) is 18.6. The van der Waals surface area contributed by atoms with Gasteiger partial charge in [-0.25, -0.2) is 0 Å². The van der Waals surface area contributed by atoms with Crippen LogP contribution >= 0.6 is 11.6 Å². The molecule has 6 nitrogen and oxygen atoms in total. The Balaban J connectivity index is 1.40. The number of hydrogen-bond acceptors (Lipinski definition) is 3. The van der Waals surface area contributed by atoms with Crippen LogP contribution in [0.3, 0.4) is 0 Å². The van der Waals surface area contributed by atoms with Crippen molar-refractivity contribution < 1.29 is 4.79 Å². The minimum atomic E-state index is -0.0605. The smallest absolute Gasteiger partial charge is 0.251 e. The second-order valence-corrected chi connectivity index (χ2v) is 8.29. The first-order valence-corrected chi connectivity index (χ1v) is 11.2. The van der Waals surface area contributed by atoms with Crippen LogP contribution in [0.25, 0.3) is 0 Å². The lowest BCUT2D eigenvalue weighted by atomic mass is 10.0. The van der Waals surface area contributed by atoms with E-state index >= 15 is 0 Å². The fourth-order valence-corrected chi connectivity index (χ4v) is 3.94. The van der Waals surface area contributed by atoms with E-state index in [4.69, 9.17) is 11.6 Å². The van der Waals surface area contributed by atoms with Crippen molar-refractivity contribution in [1.29, 1.82) is 0 Å². The minimum Gasteiger partial charge on any atom is -0.356 e. The number of benzene rings is 2. The second kappa shape index (κ2) is 11.7. The van der Waals surface area contributed by atoms with Crippen LogP contribution in [0, 0.1) is 0 Å². The summed E-state index contributed by atoms with van der Waals surface area (Å²) >= 11 is 5.98. The van der Waals surface area contributed by atoms with E-state index in [0.29, 0.717) is 11.6 Å². The van der Waals surface area contributed by atoms with E-state index in [1.807, 2.05) is 36.4 Å². The molecule has 3 rings (SSSR count). The van der Waals surface area contributed by atoms with Gasteiger partial charge in [0.05, 0.1) is 0 Å². The Hall–Kier alpha value is -2.57. The lowest BCUT2D eigenvalue weighted by Crippen LogP contribution is -2.48. The first kappa shape index (κ1) is 23.1. The van der Waals surface area contributed by atoms with Gasteiger partial charge < -0.3 is 16.0 Å². The molecule has 31 heavy (non-hydrogen) atoms. The predicted molar refractivity (Wildman–Crippen MR) is 128 cm³/mol. The molecule has 2 aromatic carbocycles. The van der Waals surface area contributed by atoms with Crippen LogP contribution in [0.15, 0.2) is 53.5 Å². The Kier molecular flexibility index (Phi) is 8.74. The van der Waals surface area contributed by atoms with Gasteiger partial charge in [0.1, 0.15) is 0 Å². The summed E-state index contributed by atoms with van der Waals surface area (Å²) in [6.45, 7) is 3.84. The van der Waals surface area contributed by atoms with Gasteiger partial charge in [0.15, 0.2) is 5.96 Å². The van der Waals surface area contributed by atoms with E-state index in [9.17, 15) is 4.79 Å². The zero-order valence-electron chi connectivity index (χ0n) is 18.3. The number of hydrogen-bond donors (Lipinski definition) is 3. The highest BCUT2D eigenvalue weighted by molar-refractivity contribution is 6.30. The second-order valence-electron chi connectivity index (χ2n) is 7.85. The molecule has 2 aromatic rings. The topological polar surface area (TPSA) is 68.8 Å². The third-order valence-corrected chi connectivity index (χ3v) is 5.85. The van der Waals surface area contributed by atoms with E-state index in [1.54, 1.807) is 14.1 Å². The molecule has 0 atom stereocenters. The van der Waals surface area contributed by atoms with E-state index < -0.39 is 0 Å². The van der Waals surface area contributed by atoms with Gasteiger partial charge in [-0.2, -0.15) is 0 Å². The van der Waals surface area contributed by atoms with Gasteiger partial charge in [-0.1, -0.05) is 35.9 Å². The lowest BCUT2D eigenvalue weighted by molar-refractivity contribution is 0.0963. The van der Waals surface area contributed by atoms with Crippen molar-refractivity contribution in [2.24, 2.45) is 4.99 Å². The largest absolute Gasteiger partial charge is 0.356 e. The molecule has 0 aliphatic carbocycles. The van der Waals surface area contributed by atoms with Crippen molar-refractivity contribution in [3.63, 3.8) is 0 Å². The summed E-state index contributed by atoms with van der Waals surface area (Å²) in [5, 5.41) is 10.4. The van der Waals surface area contributed by atoms with Crippen LogP contribution in [0.1, 0.15) is 34.3 Å². The molecule has 0 unspecified atom stereocenters. The monoisotopic (exact) mass is 441 g/mol. The number of guanidine groups is 1. The van der Waals surface area contributed by atoms with Gasteiger partial charge in [0.2, 0.25) is 0 Å². The Morgan fingerprint density at radius 1 is 1.13 bits per heavy atom. The maximum atomic E-state index is 11.8. The normalized spacial score (nSPS) is 15.5. The molecule has 166 valence electrons. The van der Waals surface area contributed by atoms with Crippen LogP contribution in [-0.2, 0) is 13.0 Å². The molecule has 0 aromatic heterocycles. The van der Waals surface area contributed by atoms with Gasteiger partial charge in [-0.15, -0.1) is 0 Å². The van der Waals surface area contributed by atoms with E-state index in [1.165, 1.54) is 5.56 Å². The number of carbonyl (C=O) groups is 1. The number of likely N-dealkylation sites (tertiary alicyclic amines) is 1. The average molecular weight is 442 g/mol. The van der Waals surface area contributed by atoms with Crippen molar-refractivity contribution >= 4 is 23.5 Å². The van der Waals surface area contributed by atoms with E-state index in [-0.39, 0.29) is 5.91 Å². The van der Waals surface area contributed by atoms with Gasteiger partial charge in [-0.3, -0.25) is 14.7 Å². The van der Waals surface area contributed by atoms with Crippen molar-refractivity contribution in [2.75, 3.05) is 33.7 Å². The predicted octanol–water partition coefficient (Wildman–Crippen LogP) is 3.07. The van der Waals surface area contributed by atoms with Crippen molar-refractivity contribution in [1.82, 2.24) is 20.9 Å². The molecule has 3 N–H and O–H groups in total. The first-order chi connectivity index (χ1) is 15.1. The lowest BCUT2D eigenvalue weighted by Gasteiger charge is -2.33. The number of piperidine rings is 1. The van der Waals surface area contributed by atoms with Gasteiger partial charge in [0.25, 0.3) is 5.91 Å². The Bertz CT molecular complexity index is 876. The summed E-state index contributed by atoms with van der Waals surface area (Å²) in [7, 11) is 3.45. The number of rotatable bonds is 7. The number of carbonyl (C=O) groups excluding carboxylic acids is 1. The standard InChI is InChI=1S/C24H32ClN5O/c1-26-23(31)20-5-3-4-18(16-20)10-13-28-24(27-2)29-22-11-14-30(15-12-22)17-19-6-8-21(25)9-7-19/h3-9,16,22H,10-15,17H2,1-2H3,(H,26,31)(H2,27,28,29). The highest BCUT2D eigenvalue weighted by Crippen LogP contribution is 2.16. The molecule has 1 aliphatic heterocycles. The average Bonchev–Trinajstić information content (AvgIpc) is 2.80. The van der Waals surface area contributed by atoms with Crippen LogP contribution in [0.2, 0.25) is 5.02 Å². The quantitative estimate of drug-likeness (QED) is 0.456. The summed E-state index contributed by atoms with van der Waals surface area (Å²) in [5.74, 6) is 0.772. The van der Waals surface area contributed by atoms with Gasteiger partial charge in [-0.05, 0) is 54.7 Å². The maximum absolute atomic E-state index is 11.8. The van der Waals surface area contributed by atoms with Crippen LogP contribution in [0.5, 0.6) is 0 Å². The highest BCUT2D eigenvalue weighted by atomic mass is 35.5. The third kappa shape index (κ3) is 7.26. The fraction of sp³-hybridized carbons (Fsp3) is 0.417. The summed E-state index contributed by atoms with van der Waals surface area (Å²) in [5.41, 5.74) is 3.11. The summed E-state index contributed by atoms with van der Waals surface area (Å²) < 4.78 is 0. The maximum Gasteiger partial charge on any atom is 0.251 e. The third-order valence-electron chi connectivity index (χ3n) is 5.59. The van der Waals surface area contributed by atoms with E-state index in [0.717, 1.165) is 62.0 Å². The zero-order valence-corrected chi connectivity index (χ0v) is 19.1. The molecular weight excluding hydrogens is 410 g/mol.